The van der Waals surface area contributed by atoms with Gasteiger partial charge in [-0.25, -0.2) is 9.59 Å². The Balaban J connectivity index is 1.65. The van der Waals surface area contributed by atoms with Gasteiger partial charge >= 0.3 is 12.1 Å². The standard InChI is InChI=1S/C26H32N2O5S/c1-16(2)14-23(25(30)31)27-24(29)22(12-13-34-3)28-26(32)33-15-21-19-10-6-4-8-17(19)18-9-5-7-11-20(18)21/h4-11,16,21-23H,12-15H2,1-3H3,(H,27,29)(H,28,32)(H,30,31). The quantitative estimate of drug-likeness (QED) is 0.440. The molecule has 0 spiro atoms. The molecule has 0 saturated carbocycles. The van der Waals surface area contributed by atoms with Crippen molar-refractivity contribution in [2.45, 2.75) is 44.7 Å². The van der Waals surface area contributed by atoms with Gasteiger partial charge in [0.2, 0.25) is 5.91 Å². The van der Waals surface area contributed by atoms with Crippen molar-refractivity contribution < 1.29 is 24.2 Å². The molecule has 0 aliphatic heterocycles. The van der Waals surface area contributed by atoms with E-state index in [1.54, 1.807) is 11.8 Å². The van der Waals surface area contributed by atoms with Crippen molar-refractivity contribution in [2.24, 2.45) is 5.92 Å². The lowest BCUT2D eigenvalue weighted by Gasteiger charge is -2.22. The van der Waals surface area contributed by atoms with E-state index in [9.17, 15) is 19.5 Å². The molecule has 0 saturated heterocycles. The number of carbonyl (C=O) groups is 3. The summed E-state index contributed by atoms with van der Waals surface area (Å²) in [7, 11) is 0. The lowest BCUT2D eigenvalue weighted by Crippen LogP contribution is -2.52. The summed E-state index contributed by atoms with van der Waals surface area (Å²) in [6.45, 7) is 3.92. The van der Waals surface area contributed by atoms with Crippen LogP contribution < -0.4 is 10.6 Å². The van der Waals surface area contributed by atoms with Gasteiger partial charge in [-0.2, -0.15) is 11.8 Å². The van der Waals surface area contributed by atoms with Crippen LogP contribution in [0.25, 0.3) is 11.1 Å². The highest BCUT2D eigenvalue weighted by Crippen LogP contribution is 2.44. The summed E-state index contributed by atoms with van der Waals surface area (Å²) in [5.74, 6) is -0.966. The molecule has 8 heteroatoms. The number of carboxylic acid groups (broad SMARTS) is 1. The molecule has 3 rings (SSSR count). The molecule has 0 fully saturated rings. The van der Waals surface area contributed by atoms with Gasteiger partial charge in [0, 0.05) is 5.92 Å². The second-order valence-electron chi connectivity index (χ2n) is 8.83. The fourth-order valence-corrected chi connectivity index (χ4v) is 4.72. The number of alkyl carbamates (subject to hydrolysis) is 1. The molecule has 2 aromatic carbocycles. The molecule has 1 aliphatic rings. The molecule has 2 aromatic rings. The number of rotatable bonds is 11. The van der Waals surface area contributed by atoms with E-state index in [0.29, 0.717) is 18.6 Å². The predicted octanol–water partition coefficient (Wildman–Crippen LogP) is 4.26. The molecular formula is C26H32N2O5S. The number of nitrogens with one attached hydrogen (secondary N) is 2. The van der Waals surface area contributed by atoms with Crippen molar-refractivity contribution in [3.63, 3.8) is 0 Å². The molecular weight excluding hydrogens is 452 g/mol. The molecule has 2 unspecified atom stereocenters. The van der Waals surface area contributed by atoms with Crippen LogP contribution >= 0.6 is 11.8 Å². The number of hydrogen-bond acceptors (Lipinski definition) is 5. The second kappa shape index (κ2) is 11.9. The average molecular weight is 485 g/mol. The first-order valence-electron chi connectivity index (χ1n) is 11.5. The average Bonchev–Trinajstić information content (AvgIpc) is 3.13. The van der Waals surface area contributed by atoms with E-state index >= 15 is 0 Å². The highest BCUT2D eigenvalue weighted by atomic mass is 32.2. The number of fused-ring (bicyclic) bond motifs is 3. The van der Waals surface area contributed by atoms with Gasteiger partial charge in [0.1, 0.15) is 18.7 Å². The Bertz CT molecular complexity index is 980. The van der Waals surface area contributed by atoms with E-state index in [0.717, 1.165) is 22.3 Å². The molecule has 2 amide bonds. The SMILES string of the molecule is CSCCC(NC(=O)OCC1c2ccccc2-c2ccccc21)C(=O)NC(CC(C)C)C(=O)O. The maximum Gasteiger partial charge on any atom is 0.407 e. The lowest BCUT2D eigenvalue weighted by molar-refractivity contribution is -0.142. The van der Waals surface area contributed by atoms with Crippen LogP contribution in [0, 0.1) is 5.92 Å². The first-order valence-corrected chi connectivity index (χ1v) is 12.8. The molecule has 1 aliphatic carbocycles. The van der Waals surface area contributed by atoms with E-state index in [1.165, 1.54) is 0 Å². The summed E-state index contributed by atoms with van der Waals surface area (Å²) in [6.07, 6.45) is 1.88. The van der Waals surface area contributed by atoms with Crippen molar-refractivity contribution in [2.75, 3.05) is 18.6 Å². The Labute approximate surface area is 204 Å². The molecule has 2 atom stereocenters. The maximum atomic E-state index is 12.8. The Morgan fingerprint density at radius 3 is 2.09 bits per heavy atom. The number of aliphatic carboxylic acids is 1. The third kappa shape index (κ3) is 6.32. The van der Waals surface area contributed by atoms with Gasteiger partial charge in [-0.3, -0.25) is 4.79 Å². The van der Waals surface area contributed by atoms with Crippen LogP contribution in [0.1, 0.15) is 43.7 Å². The normalized spacial score (nSPS) is 14.1. The Morgan fingerprint density at radius 1 is 0.971 bits per heavy atom. The van der Waals surface area contributed by atoms with Crippen LogP contribution in [0.15, 0.2) is 48.5 Å². The third-order valence-electron chi connectivity index (χ3n) is 5.88. The molecule has 34 heavy (non-hydrogen) atoms. The van der Waals surface area contributed by atoms with Crippen LogP contribution in [0.5, 0.6) is 0 Å². The zero-order chi connectivity index (χ0) is 24.7. The summed E-state index contributed by atoms with van der Waals surface area (Å²) in [5, 5.41) is 14.7. The molecule has 0 heterocycles. The predicted molar refractivity (Wildman–Crippen MR) is 134 cm³/mol. The second-order valence-corrected chi connectivity index (χ2v) is 9.82. The molecule has 182 valence electrons. The van der Waals surface area contributed by atoms with E-state index in [2.05, 4.69) is 22.8 Å². The van der Waals surface area contributed by atoms with Gasteiger partial charge in [-0.05, 0) is 53.0 Å². The number of hydrogen-bond donors (Lipinski definition) is 3. The van der Waals surface area contributed by atoms with E-state index in [-0.39, 0.29) is 18.4 Å². The first kappa shape index (κ1) is 25.6. The van der Waals surface area contributed by atoms with Crippen molar-refractivity contribution in [1.29, 1.82) is 0 Å². The summed E-state index contributed by atoms with van der Waals surface area (Å²) in [5.41, 5.74) is 4.47. The van der Waals surface area contributed by atoms with E-state index in [4.69, 9.17) is 4.74 Å². The Morgan fingerprint density at radius 2 is 1.56 bits per heavy atom. The van der Waals surface area contributed by atoms with Crippen molar-refractivity contribution >= 4 is 29.7 Å². The van der Waals surface area contributed by atoms with Gasteiger partial charge in [-0.1, -0.05) is 62.4 Å². The molecule has 0 bridgehead atoms. The zero-order valence-electron chi connectivity index (χ0n) is 19.7. The van der Waals surface area contributed by atoms with Crippen LogP contribution in [0.3, 0.4) is 0 Å². The van der Waals surface area contributed by atoms with Gasteiger partial charge in [0.05, 0.1) is 0 Å². The van der Waals surface area contributed by atoms with Crippen LogP contribution in [0.2, 0.25) is 0 Å². The lowest BCUT2D eigenvalue weighted by atomic mass is 9.98. The topological polar surface area (TPSA) is 105 Å². The Kier molecular flexibility index (Phi) is 8.98. The third-order valence-corrected chi connectivity index (χ3v) is 6.53. The van der Waals surface area contributed by atoms with Gasteiger partial charge in [-0.15, -0.1) is 0 Å². The first-order chi connectivity index (χ1) is 16.3. The van der Waals surface area contributed by atoms with Crippen molar-refractivity contribution in [1.82, 2.24) is 10.6 Å². The number of thioether (sulfide) groups is 1. The van der Waals surface area contributed by atoms with Crippen LogP contribution in [-0.4, -0.2) is 53.8 Å². The molecule has 7 nitrogen and oxygen atoms in total. The molecule has 0 radical (unpaired) electrons. The minimum atomic E-state index is -1.09. The van der Waals surface area contributed by atoms with Gasteiger partial charge in [0.25, 0.3) is 0 Å². The number of amides is 2. The summed E-state index contributed by atoms with van der Waals surface area (Å²) in [6, 6.07) is 14.2. The van der Waals surface area contributed by atoms with Crippen LogP contribution in [-0.2, 0) is 14.3 Å². The van der Waals surface area contributed by atoms with Crippen molar-refractivity contribution in [3.8, 4) is 11.1 Å². The van der Waals surface area contributed by atoms with Gasteiger partial charge in [0.15, 0.2) is 0 Å². The number of ether oxygens (including phenoxy) is 1. The highest BCUT2D eigenvalue weighted by molar-refractivity contribution is 7.98. The number of carbonyl (C=O) groups excluding carboxylic acids is 2. The fourth-order valence-electron chi connectivity index (χ4n) is 4.25. The molecule has 0 aromatic heterocycles. The van der Waals surface area contributed by atoms with Gasteiger partial charge < -0.3 is 20.5 Å². The monoisotopic (exact) mass is 484 g/mol. The van der Waals surface area contributed by atoms with E-state index < -0.39 is 30.1 Å². The summed E-state index contributed by atoms with van der Waals surface area (Å²) in [4.78, 5) is 37.0. The highest BCUT2D eigenvalue weighted by Gasteiger charge is 2.30. The van der Waals surface area contributed by atoms with E-state index in [1.807, 2.05) is 56.5 Å². The summed E-state index contributed by atoms with van der Waals surface area (Å²) >= 11 is 1.54. The number of benzene rings is 2. The fraction of sp³-hybridized carbons (Fsp3) is 0.423. The minimum Gasteiger partial charge on any atom is -0.480 e. The van der Waals surface area contributed by atoms with Crippen LogP contribution in [0.4, 0.5) is 4.79 Å². The molecule has 3 N–H and O–H groups in total. The largest absolute Gasteiger partial charge is 0.480 e. The smallest absolute Gasteiger partial charge is 0.407 e. The zero-order valence-corrected chi connectivity index (χ0v) is 20.6. The summed E-state index contributed by atoms with van der Waals surface area (Å²) < 4.78 is 5.56. The minimum absolute atomic E-state index is 0.0842. The maximum absolute atomic E-state index is 12.8. The Hall–Kier alpha value is -3.00. The van der Waals surface area contributed by atoms with Crippen molar-refractivity contribution in [3.05, 3.63) is 59.7 Å². The number of carboxylic acids is 1.